The van der Waals surface area contributed by atoms with Gasteiger partial charge in [0, 0.05) is 70.5 Å². The second kappa shape index (κ2) is 18.7. The monoisotopic (exact) mass is 799 g/mol. The number of rotatable bonds is 11. The molecular formula is C41H51F2N11O4. The van der Waals surface area contributed by atoms with Crippen molar-refractivity contribution in [3.8, 4) is 11.8 Å². The van der Waals surface area contributed by atoms with Gasteiger partial charge in [-0.3, -0.25) is 38.7 Å². The highest BCUT2D eigenvalue weighted by Gasteiger charge is 2.32. The summed E-state index contributed by atoms with van der Waals surface area (Å²) in [7, 11) is 1.67. The molecule has 6 rings (SSSR count). The van der Waals surface area contributed by atoms with Gasteiger partial charge in [-0.25, -0.2) is 23.5 Å². The number of halogens is 2. The van der Waals surface area contributed by atoms with E-state index in [1.54, 1.807) is 19.2 Å². The molecule has 0 radical (unpaired) electrons. The topological polar surface area (TPSA) is 199 Å². The van der Waals surface area contributed by atoms with Gasteiger partial charge in [-0.15, -0.1) is 0 Å². The van der Waals surface area contributed by atoms with E-state index >= 15 is 0 Å². The number of carbonyl (C=O) groups excluding carboxylic acids is 3. The van der Waals surface area contributed by atoms with Crippen LogP contribution >= 0.6 is 0 Å². The first-order valence-electron chi connectivity index (χ1n) is 19.7. The Bertz CT molecular complexity index is 2230. The van der Waals surface area contributed by atoms with E-state index in [9.17, 15) is 28.0 Å². The summed E-state index contributed by atoms with van der Waals surface area (Å²) in [6.07, 6.45) is 4.66. The van der Waals surface area contributed by atoms with Crippen molar-refractivity contribution in [3.05, 3.63) is 75.6 Å². The SMILES string of the molecule is CC(C)c1ccnc(C(=CN)C(=O)NC(C=NC2CCC(CN3CCN(CC#Cc4cccc5c4n(C)c(=O)n5C4CCC(=O)NC4=O)CC3)CC2)=C(N)C(F)F)n1. The first kappa shape index (κ1) is 41.9. The molecule has 0 bridgehead atoms. The maximum absolute atomic E-state index is 13.7. The molecule has 1 aromatic carbocycles. The van der Waals surface area contributed by atoms with Gasteiger partial charge in [-0.2, -0.15) is 0 Å². The van der Waals surface area contributed by atoms with Crippen molar-refractivity contribution in [2.75, 3.05) is 39.3 Å². The van der Waals surface area contributed by atoms with Gasteiger partial charge in [0.15, 0.2) is 5.82 Å². The quantitative estimate of drug-likeness (QED) is 0.0967. The Morgan fingerprint density at radius 1 is 1.07 bits per heavy atom. The van der Waals surface area contributed by atoms with Gasteiger partial charge in [0.05, 0.1) is 40.5 Å². The van der Waals surface area contributed by atoms with Crippen LogP contribution < -0.4 is 27.8 Å². The molecule has 4 heterocycles. The number of amides is 3. The van der Waals surface area contributed by atoms with E-state index in [0.717, 1.165) is 64.6 Å². The fraction of sp³-hybridized carbons (Fsp3) is 0.488. The van der Waals surface area contributed by atoms with Crippen molar-refractivity contribution in [1.82, 2.24) is 39.5 Å². The van der Waals surface area contributed by atoms with Crippen molar-refractivity contribution in [2.24, 2.45) is 29.4 Å². The molecule has 1 saturated carbocycles. The molecule has 3 aliphatic rings. The highest BCUT2D eigenvalue weighted by molar-refractivity contribution is 6.19. The maximum Gasteiger partial charge on any atom is 0.329 e. The minimum Gasteiger partial charge on any atom is -0.404 e. The number of piperidine rings is 1. The van der Waals surface area contributed by atoms with Crippen molar-refractivity contribution in [2.45, 2.75) is 76.8 Å². The molecule has 2 saturated heterocycles. The summed E-state index contributed by atoms with van der Waals surface area (Å²) in [4.78, 5) is 68.5. The predicted molar refractivity (Wildman–Crippen MR) is 216 cm³/mol. The van der Waals surface area contributed by atoms with Gasteiger partial charge in [-0.1, -0.05) is 31.8 Å². The van der Waals surface area contributed by atoms with Gasteiger partial charge in [-0.05, 0) is 62.1 Å². The standard InChI is InChI=1S/C41H51F2N11O4/c1-25(2)30-15-16-46-38(48-30)29(22-44)39(56)49-31(35(45)37(42)43)23-47-28-11-9-26(10-12-28)24-53-20-18-52(19-21-53)17-5-7-27-6-4-8-32-36(27)51(3)41(58)54(32)33-13-14-34(55)50-40(33)57/h4,6,8,15-16,22-23,25-26,28,33,37H,9-14,17-21,24,44-45H2,1-3H3,(H,49,56)(H,50,55,57). The number of allylic oxidation sites excluding steroid dienone is 2. The number of imide groups is 1. The zero-order chi connectivity index (χ0) is 41.5. The molecule has 6 N–H and O–H groups in total. The normalized spacial score (nSPS) is 21.6. The summed E-state index contributed by atoms with van der Waals surface area (Å²) >= 11 is 0. The number of para-hydroxylation sites is 1. The smallest absolute Gasteiger partial charge is 0.329 e. The minimum absolute atomic E-state index is 0.0736. The number of benzene rings is 1. The Labute approximate surface area is 335 Å². The Morgan fingerprint density at radius 2 is 1.79 bits per heavy atom. The van der Waals surface area contributed by atoms with Crippen LogP contribution in [0, 0.1) is 17.8 Å². The highest BCUT2D eigenvalue weighted by Crippen LogP contribution is 2.28. The van der Waals surface area contributed by atoms with Crippen LogP contribution in [0.15, 0.2) is 57.8 Å². The fourth-order valence-electron chi connectivity index (χ4n) is 7.73. The van der Waals surface area contributed by atoms with Crippen molar-refractivity contribution in [1.29, 1.82) is 0 Å². The molecule has 0 spiro atoms. The first-order valence-corrected chi connectivity index (χ1v) is 19.7. The molecule has 58 heavy (non-hydrogen) atoms. The van der Waals surface area contributed by atoms with Gasteiger partial charge in [0.2, 0.25) is 11.8 Å². The summed E-state index contributed by atoms with van der Waals surface area (Å²) in [5.74, 6) is 5.60. The van der Waals surface area contributed by atoms with Gasteiger partial charge in [0.1, 0.15) is 11.7 Å². The summed E-state index contributed by atoms with van der Waals surface area (Å²) in [6.45, 7) is 8.97. The average Bonchev–Trinajstić information content (AvgIpc) is 3.46. The number of imidazole rings is 1. The van der Waals surface area contributed by atoms with Crippen LogP contribution in [-0.4, -0.2) is 105 Å². The van der Waals surface area contributed by atoms with Crippen LogP contribution in [-0.2, 0) is 21.4 Å². The summed E-state index contributed by atoms with van der Waals surface area (Å²) in [6, 6.07) is 6.38. The molecule has 1 aliphatic carbocycles. The molecular weight excluding hydrogens is 749 g/mol. The number of nitrogens with zero attached hydrogens (tertiary/aromatic N) is 7. The van der Waals surface area contributed by atoms with Crippen LogP contribution in [0.1, 0.15) is 81.4 Å². The molecule has 3 aromatic rings. The van der Waals surface area contributed by atoms with E-state index in [4.69, 9.17) is 11.5 Å². The van der Waals surface area contributed by atoms with Crippen molar-refractivity contribution < 1.29 is 23.2 Å². The largest absolute Gasteiger partial charge is 0.404 e. The Hall–Kier alpha value is -5.73. The number of piperazine rings is 1. The third-order valence-corrected chi connectivity index (χ3v) is 11.1. The van der Waals surface area contributed by atoms with Crippen molar-refractivity contribution >= 4 is 40.5 Å². The molecule has 1 unspecified atom stereocenters. The number of hydrogen-bond donors (Lipinski definition) is 4. The zero-order valence-corrected chi connectivity index (χ0v) is 33.1. The zero-order valence-electron chi connectivity index (χ0n) is 33.1. The maximum atomic E-state index is 13.7. The molecule has 1 atom stereocenters. The van der Waals surface area contributed by atoms with Crippen LogP contribution in [0.25, 0.3) is 16.6 Å². The number of alkyl halides is 2. The molecule has 308 valence electrons. The summed E-state index contributed by atoms with van der Waals surface area (Å²) < 4.78 is 30.4. The molecule has 3 amide bonds. The van der Waals surface area contributed by atoms with E-state index < -0.39 is 30.0 Å². The van der Waals surface area contributed by atoms with Gasteiger partial charge in [0.25, 0.3) is 12.3 Å². The second-order valence-electron chi connectivity index (χ2n) is 15.3. The number of aliphatic imine (C=N–C) groups is 1. The molecule has 3 fully saturated rings. The van der Waals surface area contributed by atoms with E-state index in [1.165, 1.54) is 21.5 Å². The summed E-state index contributed by atoms with van der Waals surface area (Å²) in [5, 5.41) is 4.79. The molecule has 2 aliphatic heterocycles. The fourth-order valence-corrected chi connectivity index (χ4v) is 7.73. The lowest BCUT2D eigenvalue weighted by Gasteiger charge is -2.37. The van der Waals surface area contributed by atoms with Crippen LogP contribution in [0.5, 0.6) is 0 Å². The average molecular weight is 800 g/mol. The number of fused-ring (bicyclic) bond motifs is 1. The first-order chi connectivity index (χ1) is 27.8. The third kappa shape index (κ3) is 9.68. The predicted octanol–water partition coefficient (Wildman–Crippen LogP) is 2.38. The highest BCUT2D eigenvalue weighted by atomic mass is 19.3. The lowest BCUT2D eigenvalue weighted by atomic mass is 9.86. The molecule has 15 nitrogen and oxygen atoms in total. The van der Waals surface area contributed by atoms with Crippen molar-refractivity contribution in [3.63, 3.8) is 0 Å². The van der Waals surface area contributed by atoms with E-state index in [1.807, 2.05) is 26.0 Å². The number of aromatic nitrogens is 4. The number of hydrogen-bond acceptors (Lipinski definition) is 11. The van der Waals surface area contributed by atoms with Gasteiger partial charge >= 0.3 is 5.69 Å². The van der Waals surface area contributed by atoms with E-state index in [-0.39, 0.29) is 53.5 Å². The molecule has 17 heteroatoms. The van der Waals surface area contributed by atoms with E-state index in [2.05, 4.69) is 47.2 Å². The Kier molecular flexibility index (Phi) is 13.5. The lowest BCUT2D eigenvalue weighted by molar-refractivity contribution is -0.135. The second-order valence-corrected chi connectivity index (χ2v) is 15.3. The van der Waals surface area contributed by atoms with Crippen LogP contribution in [0.2, 0.25) is 0 Å². The Balaban J connectivity index is 0.982. The number of nitrogens with one attached hydrogen (secondary N) is 2. The molecule has 2 aromatic heterocycles. The van der Waals surface area contributed by atoms with E-state index in [0.29, 0.717) is 34.8 Å². The van der Waals surface area contributed by atoms with Gasteiger partial charge < -0.3 is 21.7 Å². The third-order valence-electron chi connectivity index (χ3n) is 11.1. The number of carbonyl (C=O) groups is 3. The minimum atomic E-state index is -3.01. The van der Waals surface area contributed by atoms with Crippen LogP contribution in [0.4, 0.5) is 8.78 Å². The summed E-state index contributed by atoms with van der Waals surface area (Å²) in [5.41, 5.74) is 12.6. The number of nitrogens with two attached hydrogens (primary N) is 2. The Morgan fingerprint density at radius 3 is 2.47 bits per heavy atom. The van der Waals surface area contributed by atoms with Crippen LogP contribution in [0.3, 0.4) is 0 Å². The number of aryl methyl sites for hydroxylation is 1. The lowest BCUT2D eigenvalue weighted by Crippen LogP contribution is -2.48.